The summed E-state index contributed by atoms with van der Waals surface area (Å²) >= 11 is 1.71. The normalized spacial score (nSPS) is 15.6. The highest BCUT2D eigenvalue weighted by Gasteiger charge is 2.26. The zero-order chi connectivity index (χ0) is 16.9. The zero-order valence-electron chi connectivity index (χ0n) is 14.0. The minimum absolute atomic E-state index is 0.0572. The third kappa shape index (κ3) is 3.93. The molecule has 2 aromatic rings. The van der Waals surface area contributed by atoms with Gasteiger partial charge in [-0.15, -0.1) is 11.3 Å². The fourth-order valence-corrected chi connectivity index (χ4v) is 4.18. The Kier molecular flexibility index (Phi) is 5.45. The van der Waals surface area contributed by atoms with Crippen molar-refractivity contribution in [1.29, 1.82) is 0 Å². The summed E-state index contributed by atoms with van der Waals surface area (Å²) in [6, 6.07) is 8.13. The molecule has 1 aliphatic rings. The molecule has 1 aromatic carbocycles. The fourth-order valence-electron chi connectivity index (χ4n) is 3.17. The lowest BCUT2D eigenvalue weighted by atomic mass is 9.95. The molecule has 2 amide bonds. The first kappa shape index (κ1) is 16.9. The predicted molar refractivity (Wildman–Crippen MR) is 95.9 cm³/mol. The highest BCUT2D eigenvalue weighted by Crippen LogP contribution is 2.23. The summed E-state index contributed by atoms with van der Waals surface area (Å²) in [5, 5.41) is 3.79. The summed E-state index contributed by atoms with van der Waals surface area (Å²) < 4.78 is 1.20. The van der Waals surface area contributed by atoms with Crippen LogP contribution in [-0.2, 0) is 16.0 Å². The molecule has 24 heavy (non-hydrogen) atoms. The molecular formula is C18H23N3O2S. The number of hydrogen-bond donors (Lipinski definition) is 1. The molecule has 0 unspecified atom stereocenters. The second-order valence-electron chi connectivity index (χ2n) is 6.20. The van der Waals surface area contributed by atoms with Crippen molar-refractivity contribution in [1.82, 2.24) is 15.2 Å². The molecule has 0 bridgehead atoms. The predicted octanol–water partition coefficient (Wildman–Crippen LogP) is 2.60. The van der Waals surface area contributed by atoms with Gasteiger partial charge in [0.15, 0.2) is 0 Å². The molecule has 0 saturated carbocycles. The van der Waals surface area contributed by atoms with Gasteiger partial charge >= 0.3 is 0 Å². The summed E-state index contributed by atoms with van der Waals surface area (Å²) in [7, 11) is 1.67. The highest BCUT2D eigenvalue weighted by molar-refractivity contribution is 7.18. The van der Waals surface area contributed by atoms with E-state index in [-0.39, 0.29) is 17.7 Å². The lowest BCUT2D eigenvalue weighted by molar-refractivity contribution is -0.135. The van der Waals surface area contributed by atoms with E-state index in [4.69, 9.17) is 0 Å². The molecule has 3 rings (SSSR count). The van der Waals surface area contributed by atoms with Crippen LogP contribution in [0.1, 0.15) is 30.7 Å². The number of hydrogen-bond acceptors (Lipinski definition) is 4. The third-order valence-electron chi connectivity index (χ3n) is 4.58. The van der Waals surface area contributed by atoms with E-state index in [0.717, 1.165) is 36.2 Å². The van der Waals surface area contributed by atoms with Gasteiger partial charge in [-0.3, -0.25) is 9.59 Å². The van der Waals surface area contributed by atoms with E-state index in [9.17, 15) is 9.59 Å². The molecule has 0 aliphatic carbocycles. The Morgan fingerprint density at radius 1 is 1.29 bits per heavy atom. The minimum atomic E-state index is 0.0572. The van der Waals surface area contributed by atoms with Crippen molar-refractivity contribution in [3.8, 4) is 0 Å². The van der Waals surface area contributed by atoms with E-state index in [1.54, 1.807) is 18.4 Å². The molecule has 0 atom stereocenters. The van der Waals surface area contributed by atoms with Crippen molar-refractivity contribution < 1.29 is 9.59 Å². The number of fused-ring (bicyclic) bond motifs is 1. The van der Waals surface area contributed by atoms with Gasteiger partial charge < -0.3 is 10.2 Å². The minimum Gasteiger partial charge on any atom is -0.359 e. The molecular weight excluding hydrogens is 322 g/mol. The van der Waals surface area contributed by atoms with Gasteiger partial charge in [-0.1, -0.05) is 12.1 Å². The van der Waals surface area contributed by atoms with Gasteiger partial charge in [-0.25, -0.2) is 4.98 Å². The quantitative estimate of drug-likeness (QED) is 0.906. The summed E-state index contributed by atoms with van der Waals surface area (Å²) in [5.41, 5.74) is 1.04. The average Bonchev–Trinajstić information content (AvgIpc) is 3.03. The summed E-state index contributed by atoms with van der Waals surface area (Å²) in [6.45, 7) is 1.39. The Hall–Kier alpha value is -1.95. The first-order valence-electron chi connectivity index (χ1n) is 8.51. The SMILES string of the molecule is CNC(=O)C1CCN(C(=O)CCCc2nc3ccccc3s2)CC1. The number of benzene rings is 1. The number of piperidine rings is 1. The van der Waals surface area contributed by atoms with Crippen molar-refractivity contribution >= 4 is 33.4 Å². The van der Waals surface area contributed by atoms with Gasteiger partial charge in [-0.05, 0) is 37.8 Å². The van der Waals surface area contributed by atoms with Crippen LogP contribution in [0.2, 0.25) is 0 Å². The largest absolute Gasteiger partial charge is 0.359 e. The molecule has 1 saturated heterocycles. The monoisotopic (exact) mass is 345 g/mol. The average molecular weight is 345 g/mol. The van der Waals surface area contributed by atoms with E-state index >= 15 is 0 Å². The van der Waals surface area contributed by atoms with Gasteiger partial charge in [0.1, 0.15) is 0 Å². The fraction of sp³-hybridized carbons (Fsp3) is 0.500. The van der Waals surface area contributed by atoms with E-state index < -0.39 is 0 Å². The van der Waals surface area contributed by atoms with Crippen LogP contribution >= 0.6 is 11.3 Å². The van der Waals surface area contributed by atoms with Gasteiger partial charge in [0.05, 0.1) is 15.2 Å². The lowest BCUT2D eigenvalue weighted by Crippen LogP contribution is -2.42. The van der Waals surface area contributed by atoms with Crippen LogP contribution in [0.4, 0.5) is 0 Å². The Balaban J connectivity index is 1.43. The van der Waals surface area contributed by atoms with E-state index in [2.05, 4.69) is 16.4 Å². The van der Waals surface area contributed by atoms with E-state index in [1.807, 2.05) is 23.1 Å². The third-order valence-corrected chi connectivity index (χ3v) is 5.68. The molecule has 1 aromatic heterocycles. The number of thiazole rings is 1. The zero-order valence-corrected chi connectivity index (χ0v) is 14.8. The summed E-state index contributed by atoms with van der Waals surface area (Å²) in [6.07, 6.45) is 3.76. The molecule has 1 aliphatic heterocycles. The van der Waals surface area contributed by atoms with Crippen LogP contribution in [0.5, 0.6) is 0 Å². The molecule has 6 heteroatoms. The van der Waals surface area contributed by atoms with Crippen LogP contribution in [0.15, 0.2) is 24.3 Å². The number of nitrogens with zero attached hydrogens (tertiary/aromatic N) is 2. The number of aromatic nitrogens is 1. The van der Waals surface area contributed by atoms with Crippen molar-refractivity contribution in [3.63, 3.8) is 0 Å². The number of likely N-dealkylation sites (tertiary alicyclic amines) is 1. The topological polar surface area (TPSA) is 62.3 Å². The van der Waals surface area contributed by atoms with Crippen LogP contribution in [0.3, 0.4) is 0 Å². The molecule has 1 fully saturated rings. The number of carbonyl (C=O) groups excluding carboxylic acids is 2. The maximum absolute atomic E-state index is 12.3. The van der Waals surface area contributed by atoms with Crippen LogP contribution in [0.25, 0.3) is 10.2 Å². The van der Waals surface area contributed by atoms with Gasteiger partial charge in [0.2, 0.25) is 11.8 Å². The number of rotatable bonds is 5. The number of aryl methyl sites for hydroxylation is 1. The Morgan fingerprint density at radius 3 is 2.75 bits per heavy atom. The number of amides is 2. The van der Waals surface area contributed by atoms with E-state index in [0.29, 0.717) is 19.5 Å². The summed E-state index contributed by atoms with van der Waals surface area (Å²) in [5.74, 6) is 0.353. The van der Waals surface area contributed by atoms with Crippen LogP contribution in [0, 0.1) is 5.92 Å². The molecule has 2 heterocycles. The summed E-state index contributed by atoms with van der Waals surface area (Å²) in [4.78, 5) is 30.5. The number of nitrogens with one attached hydrogen (secondary N) is 1. The smallest absolute Gasteiger partial charge is 0.222 e. The maximum atomic E-state index is 12.3. The first-order valence-corrected chi connectivity index (χ1v) is 9.33. The van der Waals surface area contributed by atoms with Crippen molar-refractivity contribution in [2.75, 3.05) is 20.1 Å². The van der Waals surface area contributed by atoms with Gasteiger partial charge in [0, 0.05) is 32.5 Å². The van der Waals surface area contributed by atoms with E-state index in [1.165, 1.54) is 4.70 Å². The van der Waals surface area contributed by atoms with Crippen molar-refractivity contribution in [2.24, 2.45) is 5.92 Å². The number of para-hydroxylation sites is 1. The standard InChI is InChI=1S/C18H23N3O2S/c1-19-18(23)13-9-11-21(12-10-13)17(22)8-4-7-16-20-14-5-2-3-6-15(14)24-16/h2-3,5-6,13H,4,7-12H2,1H3,(H,19,23). The molecule has 1 N–H and O–H groups in total. The van der Waals surface area contributed by atoms with Gasteiger partial charge in [0.25, 0.3) is 0 Å². The molecule has 128 valence electrons. The molecule has 0 radical (unpaired) electrons. The highest BCUT2D eigenvalue weighted by atomic mass is 32.1. The lowest BCUT2D eigenvalue weighted by Gasteiger charge is -2.31. The second-order valence-corrected chi connectivity index (χ2v) is 7.31. The Bertz CT molecular complexity index is 687. The molecule has 0 spiro atoms. The maximum Gasteiger partial charge on any atom is 0.222 e. The number of carbonyl (C=O) groups is 2. The van der Waals surface area contributed by atoms with Crippen LogP contribution in [-0.4, -0.2) is 41.8 Å². The van der Waals surface area contributed by atoms with Gasteiger partial charge in [-0.2, -0.15) is 0 Å². The van der Waals surface area contributed by atoms with Crippen molar-refractivity contribution in [2.45, 2.75) is 32.1 Å². The Morgan fingerprint density at radius 2 is 2.04 bits per heavy atom. The van der Waals surface area contributed by atoms with Crippen LogP contribution < -0.4 is 5.32 Å². The second kappa shape index (κ2) is 7.75. The van der Waals surface area contributed by atoms with Crippen molar-refractivity contribution in [3.05, 3.63) is 29.3 Å². The molecule has 5 nitrogen and oxygen atoms in total. The first-order chi connectivity index (χ1) is 11.7. The Labute approximate surface area is 146 Å².